The molecule has 1 N–H and O–H groups in total. The second-order valence-corrected chi connectivity index (χ2v) is 6.86. The van der Waals surface area contributed by atoms with Crippen molar-refractivity contribution in [3.8, 4) is 0 Å². The summed E-state index contributed by atoms with van der Waals surface area (Å²) in [5.74, 6) is 1.01. The number of para-hydroxylation sites is 2. The van der Waals surface area contributed by atoms with E-state index in [4.69, 9.17) is 9.26 Å². The molecule has 2 heterocycles. The number of hydrogen-bond acceptors (Lipinski definition) is 6. The van der Waals surface area contributed by atoms with Gasteiger partial charge in [-0.2, -0.15) is 0 Å². The summed E-state index contributed by atoms with van der Waals surface area (Å²) in [4.78, 5) is 16.5. The molecule has 0 bridgehead atoms. The van der Waals surface area contributed by atoms with Crippen LogP contribution in [0.5, 0.6) is 0 Å². The number of carbonyl (C=O) groups excluding carboxylic acids is 1. The van der Waals surface area contributed by atoms with Crippen LogP contribution >= 0.6 is 0 Å². The fraction of sp³-hybridized carbons (Fsp3) is 0.389. The standard InChI is InChI=1S/C18H22N4O3/c1-18(2,3)24-17(23)14-9-12(25-21-14)10-19-11-16-20-13-7-5-6-8-15(13)22(16)4/h5-9,19H,10-11H2,1-4H3. The molecule has 0 radical (unpaired) electrons. The molecule has 3 rings (SSSR count). The van der Waals surface area contributed by atoms with Gasteiger partial charge in [-0.3, -0.25) is 0 Å². The number of nitrogens with zero attached hydrogens (tertiary/aromatic N) is 3. The van der Waals surface area contributed by atoms with Crippen LogP contribution in [0, 0.1) is 0 Å². The van der Waals surface area contributed by atoms with Crippen molar-refractivity contribution in [1.82, 2.24) is 20.0 Å². The van der Waals surface area contributed by atoms with Crippen molar-refractivity contribution in [1.29, 1.82) is 0 Å². The molecule has 0 aliphatic heterocycles. The Hall–Kier alpha value is -2.67. The van der Waals surface area contributed by atoms with E-state index in [1.54, 1.807) is 6.07 Å². The number of ether oxygens (including phenoxy) is 1. The van der Waals surface area contributed by atoms with Crippen LogP contribution in [-0.2, 0) is 24.9 Å². The molecule has 0 aliphatic carbocycles. The fourth-order valence-corrected chi connectivity index (χ4v) is 2.47. The van der Waals surface area contributed by atoms with Crippen LogP contribution in [0.3, 0.4) is 0 Å². The predicted molar refractivity (Wildman–Crippen MR) is 92.9 cm³/mol. The molecule has 132 valence electrons. The van der Waals surface area contributed by atoms with E-state index >= 15 is 0 Å². The average Bonchev–Trinajstić information content (AvgIpc) is 3.12. The van der Waals surface area contributed by atoms with Crippen molar-refractivity contribution in [2.24, 2.45) is 7.05 Å². The highest BCUT2D eigenvalue weighted by Crippen LogP contribution is 2.15. The molecule has 0 fully saturated rings. The topological polar surface area (TPSA) is 82.2 Å². The van der Waals surface area contributed by atoms with E-state index in [1.165, 1.54) is 0 Å². The number of carbonyl (C=O) groups is 1. The molecule has 0 saturated heterocycles. The number of esters is 1. The van der Waals surface area contributed by atoms with E-state index in [-0.39, 0.29) is 5.69 Å². The van der Waals surface area contributed by atoms with Crippen LogP contribution in [0.4, 0.5) is 0 Å². The summed E-state index contributed by atoms with van der Waals surface area (Å²) in [5, 5.41) is 7.02. The van der Waals surface area contributed by atoms with Gasteiger partial charge in [0.15, 0.2) is 11.5 Å². The number of aromatic nitrogens is 3. The molecule has 25 heavy (non-hydrogen) atoms. The van der Waals surface area contributed by atoms with E-state index in [2.05, 4.69) is 20.0 Å². The summed E-state index contributed by atoms with van der Waals surface area (Å²) < 4.78 is 12.5. The maximum Gasteiger partial charge on any atom is 0.361 e. The van der Waals surface area contributed by atoms with Gasteiger partial charge in [0.25, 0.3) is 0 Å². The molecule has 7 heteroatoms. The Morgan fingerprint density at radius 2 is 2.04 bits per heavy atom. The molecular weight excluding hydrogens is 320 g/mol. The zero-order valence-corrected chi connectivity index (χ0v) is 14.9. The number of nitrogens with one attached hydrogen (secondary N) is 1. The third-order valence-electron chi connectivity index (χ3n) is 3.63. The number of aryl methyl sites for hydroxylation is 1. The lowest BCUT2D eigenvalue weighted by Gasteiger charge is -2.18. The molecule has 0 spiro atoms. The first-order valence-electron chi connectivity index (χ1n) is 8.13. The summed E-state index contributed by atoms with van der Waals surface area (Å²) >= 11 is 0. The highest BCUT2D eigenvalue weighted by atomic mass is 16.6. The largest absolute Gasteiger partial charge is 0.455 e. The molecule has 0 unspecified atom stereocenters. The minimum absolute atomic E-state index is 0.175. The van der Waals surface area contributed by atoms with E-state index < -0.39 is 11.6 Å². The Balaban J connectivity index is 1.59. The van der Waals surface area contributed by atoms with Gasteiger partial charge in [-0.05, 0) is 32.9 Å². The van der Waals surface area contributed by atoms with E-state index in [0.717, 1.165) is 16.9 Å². The monoisotopic (exact) mass is 342 g/mol. The first-order valence-corrected chi connectivity index (χ1v) is 8.13. The van der Waals surface area contributed by atoms with Crippen molar-refractivity contribution in [2.45, 2.75) is 39.5 Å². The van der Waals surface area contributed by atoms with Crippen molar-refractivity contribution in [3.05, 3.63) is 47.6 Å². The van der Waals surface area contributed by atoms with Gasteiger partial charge in [-0.25, -0.2) is 9.78 Å². The molecular formula is C18H22N4O3. The summed E-state index contributed by atoms with van der Waals surface area (Å²) in [6, 6.07) is 9.58. The second-order valence-electron chi connectivity index (χ2n) is 6.86. The third-order valence-corrected chi connectivity index (χ3v) is 3.63. The number of fused-ring (bicyclic) bond motifs is 1. The molecule has 0 atom stereocenters. The van der Waals surface area contributed by atoms with Crippen LogP contribution in [0.2, 0.25) is 0 Å². The number of imidazole rings is 1. The van der Waals surface area contributed by atoms with Gasteiger partial charge in [0.2, 0.25) is 0 Å². The number of benzene rings is 1. The van der Waals surface area contributed by atoms with Gasteiger partial charge in [0.05, 0.1) is 24.1 Å². The predicted octanol–water partition coefficient (Wildman–Crippen LogP) is 2.81. The average molecular weight is 342 g/mol. The minimum atomic E-state index is -0.561. The van der Waals surface area contributed by atoms with Crippen LogP contribution in [-0.4, -0.2) is 26.3 Å². The van der Waals surface area contributed by atoms with E-state index in [0.29, 0.717) is 18.8 Å². The zero-order valence-electron chi connectivity index (χ0n) is 14.9. The van der Waals surface area contributed by atoms with Crippen LogP contribution in [0.25, 0.3) is 11.0 Å². The Kier molecular flexibility index (Phi) is 4.59. The van der Waals surface area contributed by atoms with Crippen molar-refractivity contribution in [3.63, 3.8) is 0 Å². The first kappa shape index (κ1) is 17.2. The minimum Gasteiger partial charge on any atom is -0.455 e. The van der Waals surface area contributed by atoms with Crippen molar-refractivity contribution >= 4 is 17.0 Å². The molecule has 1 aromatic carbocycles. The quantitative estimate of drug-likeness (QED) is 0.718. The fourth-order valence-electron chi connectivity index (χ4n) is 2.47. The van der Waals surface area contributed by atoms with Gasteiger partial charge < -0.3 is 19.1 Å². The highest BCUT2D eigenvalue weighted by molar-refractivity contribution is 5.87. The number of hydrogen-bond donors (Lipinski definition) is 1. The molecule has 0 saturated carbocycles. The number of rotatable bonds is 5. The summed E-state index contributed by atoms with van der Waals surface area (Å²) in [6.07, 6.45) is 0. The Bertz CT molecular complexity index is 889. The molecule has 0 aliphatic rings. The maximum absolute atomic E-state index is 11.9. The lowest BCUT2D eigenvalue weighted by Crippen LogP contribution is -2.24. The zero-order chi connectivity index (χ0) is 18.0. The SMILES string of the molecule is Cn1c(CNCc2cc(C(=O)OC(C)(C)C)no2)nc2ccccc21. The first-order chi connectivity index (χ1) is 11.8. The maximum atomic E-state index is 11.9. The highest BCUT2D eigenvalue weighted by Gasteiger charge is 2.21. The van der Waals surface area contributed by atoms with Gasteiger partial charge in [-0.1, -0.05) is 17.3 Å². The van der Waals surface area contributed by atoms with Gasteiger partial charge >= 0.3 is 5.97 Å². The van der Waals surface area contributed by atoms with Crippen LogP contribution in [0.15, 0.2) is 34.9 Å². The molecule has 7 nitrogen and oxygen atoms in total. The van der Waals surface area contributed by atoms with Crippen LogP contribution in [0.1, 0.15) is 42.8 Å². The second kappa shape index (κ2) is 6.68. The molecule has 0 amide bonds. The third kappa shape index (κ3) is 4.06. The van der Waals surface area contributed by atoms with Crippen molar-refractivity contribution in [2.75, 3.05) is 0 Å². The van der Waals surface area contributed by atoms with Gasteiger partial charge in [0, 0.05) is 13.1 Å². The Labute approximate surface area is 146 Å². The Morgan fingerprint density at radius 3 is 2.76 bits per heavy atom. The summed E-state index contributed by atoms with van der Waals surface area (Å²) in [6.45, 7) is 6.45. The van der Waals surface area contributed by atoms with Crippen molar-refractivity contribution < 1.29 is 14.1 Å². The summed E-state index contributed by atoms with van der Waals surface area (Å²) in [7, 11) is 1.99. The van der Waals surface area contributed by atoms with Crippen LogP contribution < -0.4 is 5.32 Å². The lowest BCUT2D eigenvalue weighted by molar-refractivity contribution is 0.00587. The molecule has 2 aromatic heterocycles. The van der Waals surface area contributed by atoms with E-state index in [1.807, 2.05) is 52.1 Å². The lowest BCUT2D eigenvalue weighted by atomic mass is 10.2. The smallest absolute Gasteiger partial charge is 0.361 e. The molecule has 3 aromatic rings. The van der Waals surface area contributed by atoms with E-state index in [9.17, 15) is 4.79 Å². The van der Waals surface area contributed by atoms with Gasteiger partial charge in [-0.15, -0.1) is 0 Å². The Morgan fingerprint density at radius 1 is 1.28 bits per heavy atom. The normalized spacial score (nSPS) is 11.8. The summed E-state index contributed by atoms with van der Waals surface area (Å²) in [5.41, 5.74) is 1.67. The van der Waals surface area contributed by atoms with Gasteiger partial charge in [0.1, 0.15) is 11.4 Å².